The molecule has 0 aliphatic carbocycles. The number of hydrogen-bond acceptors (Lipinski definition) is 7. The van der Waals surface area contributed by atoms with Gasteiger partial charge in [0.1, 0.15) is 5.75 Å². The Morgan fingerprint density at radius 2 is 1.53 bits per heavy atom. The van der Waals surface area contributed by atoms with Crippen LogP contribution in [0.1, 0.15) is 26.3 Å². The summed E-state index contributed by atoms with van der Waals surface area (Å²) in [4.78, 5) is 25.1. The van der Waals surface area contributed by atoms with Crippen LogP contribution in [0.15, 0.2) is 64.2 Å². The van der Waals surface area contributed by atoms with E-state index >= 15 is 0 Å². The summed E-state index contributed by atoms with van der Waals surface area (Å²) in [5, 5.41) is 4.49. The molecule has 0 aliphatic heterocycles. The summed E-state index contributed by atoms with van der Waals surface area (Å²) < 4.78 is 22.2. The second-order valence-corrected chi connectivity index (χ2v) is 8.04. The number of carbonyl (C=O) groups excluding carboxylic acids is 2. The van der Waals surface area contributed by atoms with Gasteiger partial charge >= 0.3 is 5.97 Å². The van der Waals surface area contributed by atoms with Gasteiger partial charge < -0.3 is 18.9 Å². The number of halogens is 2. The van der Waals surface area contributed by atoms with Gasteiger partial charge in [-0.1, -0.05) is 27.5 Å². The molecular weight excluding hydrogens is 528 g/mol. The van der Waals surface area contributed by atoms with Crippen LogP contribution in [-0.2, 0) is 0 Å². The first-order chi connectivity index (χ1) is 16.4. The van der Waals surface area contributed by atoms with Gasteiger partial charge in [0.15, 0.2) is 11.5 Å². The fourth-order valence-electron chi connectivity index (χ4n) is 2.90. The lowest BCUT2D eigenvalue weighted by molar-refractivity contribution is 0.0733. The number of hydrogen-bond donors (Lipinski definition) is 1. The van der Waals surface area contributed by atoms with Gasteiger partial charge in [0.25, 0.3) is 5.91 Å². The molecular formula is C24H20BrClN2O6. The third-order valence-corrected chi connectivity index (χ3v) is 5.30. The van der Waals surface area contributed by atoms with Crippen molar-refractivity contribution in [2.45, 2.75) is 0 Å². The molecule has 1 N–H and O–H groups in total. The summed E-state index contributed by atoms with van der Waals surface area (Å²) in [6.45, 7) is 0. The Balaban J connectivity index is 1.81. The first-order valence-electron chi connectivity index (χ1n) is 9.77. The summed E-state index contributed by atoms with van der Waals surface area (Å²) in [7, 11) is 4.37. The molecule has 3 aromatic rings. The average molecular weight is 548 g/mol. The molecule has 0 saturated carbocycles. The van der Waals surface area contributed by atoms with Gasteiger partial charge in [0.2, 0.25) is 5.75 Å². The molecule has 10 heteroatoms. The van der Waals surface area contributed by atoms with E-state index in [0.29, 0.717) is 33.4 Å². The van der Waals surface area contributed by atoms with E-state index in [9.17, 15) is 9.59 Å². The molecule has 0 radical (unpaired) electrons. The second-order valence-electron chi connectivity index (χ2n) is 6.69. The standard InChI is InChI=1S/C24H20BrClN2O6/c1-31-20-11-15(12-21(32-2)22(20)33-3)24(30)34-19-9-6-17(25)10-16(19)13-27-28-23(29)14-4-7-18(26)8-5-14/h4-13H,1-3H3,(H,28,29)/b27-13-. The molecule has 34 heavy (non-hydrogen) atoms. The van der Waals surface area contributed by atoms with Gasteiger partial charge in [0.05, 0.1) is 33.1 Å². The van der Waals surface area contributed by atoms with Crippen LogP contribution in [0.2, 0.25) is 5.02 Å². The predicted molar refractivity (Wildman–Crippen MR) is 132 cm³/mol. The van der Waals surface area contributed by atoms with E-state index in [-0.39, 0.29) is 11.3 Å². The van der Waals surface area contributed by atoms with Crippen molar-refractivity contribution in [3.05, 3.63) is 80.8 Å². The zero-order chi connectivity index (χ0) is 24.7. The molecule has 8 nitrogen and oxygen atoms in total. The number of nitrogens with one attached hydrogen (secondary N) is 1. The maximum atomic E-state index is 12.9. The minimum Gasteiger partial charge on any atom is -0.493 e. The molecule has 176 valence electrons. The molecule has 3 aromatic carbocycles. The topological polar surface area (TPSA) is 95.5 Å². The Kier molecular flexibility index (Phi) is 8.50. The van der Waals surface area contributed by atoms with Gasteiger partial charge in [0, 0.05) is 20.6 Å². The number of methoxy groups -OCH3 is 3. The van der Waals surface area contributed by atoms with Crippen LogP contribution in [-0.4, -0.2) is 39.4 Å². The van der Waals surface area contributed by atoms with Crippen molar-refractivity contribution < 1.29 is 28.5 Å². The molecule has 0 aliphatic rings. The summed E-state index contributed by atoms with van der Waals surface area (Å²) in [6.07, 6.45) is 1.37. The van der Waals surface area contributed by atoms with Crippen molar-refractivity contribution >= 4 is 45.6 Å². The number of nitrogens with zero attached hydrogens (tertiary/aromatic N) is 1. The van der Waals surface area contributed by atoms with E-state index < -0.39 is 11.9 Å². The molecule has 1 amide bonds. The summed E-state index contributed by atoms with van der Waals surface area (Å²) >= 11 is 9.22. The minimum absolute atomic E-state index is 0.191. The van der Waals surface area contributed by atoms with Gasteiger partial charge in [-0.15, -0.1) is 0 Å². The van der Waals surface area contributed by atoms with Crippen LogP contribution >= 0.6 is 27.5 Å². The highest BCUT2D eigenvalue weighted by atomic mass is 79.9. The Hall–Kier alpha value is -3.56. The fraction of sp³-hybridized carbons (Fsp3) is 0.125. The monoisotopic (exact) mass is 546 g/mol. The molecule has 0 bridgehead atoms. The molecule has 0 aromatic heterocycles. The molecule has 0 saturated heterocycles. The van der Waals surface area contributed by atoms with E-state index in [0.717, 1.165) is 4.47 Å². The van der Waals surface area contributed by atoms with Crippen LogP contribution < -0.4 is 24.4 Å². The third kappa shape index (κ3) is 6.06. The van der Waals surface area contributed by atoms with Crippen molar-refractivity contribution in [2.24, 2.45) is 5.10 Å². The quantitative estimate of drug-likeness (QED) is 0.182. The number of esters is 1. The van der Waals surface area contributed by atoms with Crippen molar-refractivity contribution in [1.29, 1.82) is 0 Å². The van der Waals surface area contributed by atoms with E-state index in [4.69, 9.17) is 30.5 Å². The van der Waals surface area contributed by atoms with E-state index in [1.165, 1.54) is 39.7 Å². The van der Waals surface area contributed by atoms with Crippen molar-refractivity contribution in [3.8, 4) is 23.0 Å². The molecule has 0 spiro atoms. The highest BCUT2D eigenvalue weighted by molar-refractivity contribution is 9.10. The lowest BCUT2D eigenvalue weighted by atomic mass is 10.1. The van der Waals surface area contributed by atoms with Gasteiger partial charge in [-0.2, -0.15) is 5.10 Å². The van der Waals surface area contributed by atoms with Crippen LogP contribution in [0.25, 0.3) is 0 Å². The lowest BCUT2D eigenvalue weighted by Gasteiger charge is -2.14. The second kappa shape index (κ2) is 11.5. The molecule has 0 unspecified atom stereocenters. The van der Waals surface area contributed by atoms with Crippen LogP contribution in [0, 0.1) is 0 Å². The van der Waals surface area contributed by atoms with Crippen molar-refractivity contribution in [2.75, 3.05) is 21.3 Å². The van der Waals surface area contributed by atoms with E-state index in [1.54, 1.807) is 42.5 Å². The highest BCUT2D eigenvalue weighted by Crippen LogP contribution is 2.38. The Morgan fingerprint density at radius 3 is 2.12 bits per heavy atom. The van der Waals surface area contributed by atoms with Crippen LogP contribution in [0.5, 0.6) is 23.0 Å². The molecule has 0 atom stereocenters. The number of amides is 1. The SMILES string of the molecule is COc1cc(C(=O)Oc2ccc(Br)cc2/C=N\NC(=O)c2ccc(Cl)cc2)cc(OC)c1OC. The zero-order valence-electron chi connectivity index (χ0n) is 18.4. The number of ether oxygens (including phenoxy) is 4. The maximum Gasteiger partial charge on any atom is 0.343 e. The largest absolute Gasteiger partial charge is 0.493 e. The molecule has 0 heterocycles. The lowest BCUT2D eigenvalue weighted by Crippen LogP contribution is -2.17. The van der Waals surface area contributed by atoms with E-state index in [2.05, 4.69) is 26.5 Å². The highest BCUT2D eigenvalue weighted by Gasteiger charge is 2.19. The smallest absolute Gasteiger partial charge is 0.343 e. The van der Waals surface area contributed by atoms with Gasteiger partial charge in [-0.3, -0.25) is 4.79 Å². The molecule has 0 fully saturated rings. The third-order valence-electron chi connectivity index (χ3n) is 4.55. The van der Waals surface area contributed by atoms with Crippen molar-refractivity contribution in [3.63, 3.8) is 0 Å². The molecule has 3 rings (SSSR count). The van der Waals surface area contributed by atoms with Crippen LogP contribution in [0.4, 0.5) is 0 Å². The summed E-state index contributed by atoms with van der Waals surface area (Å²) in [6, 6.07) is 14.4. The van der Waals surface area contributed by atoms with E-state index in [1.807, 2.05) is 0 Å². The van der Waals surface area contributed by atoms with Crippen LogP contribution in [0.3, 0.4) is 0 Å². The zero-order valence-corrected chi connectivity index (χ0v) is 20.8. The minimum atomic E-state index is -0.651. The summed E-state index contributed by atoms with van der Waals surface area (Å²) in [5.74, 6) is 0.147. The number of benzene rings is 3. The Morgan fingerprint density at radius 1 is 0.882 bits per heavy atom. The predicted octanol–water partition coefficient (Wildman–Crippen LogP) is 5.11. The van der Waals surface area contributed by atoms with Gasteiger partial charge in [-0.05, 0) is 54.6 Å². The number of carbonyl (C=O) groups is 2. The Labute approximate surface area is 209 Å². The maximum absolute atomic E-state index is 12.9. The number of hydrazone groups is 1. The summed E-state index contributed by atoms with van der Waals surface area (Å²) in [5.41, 5.74) is 3.46. The number of rotatable bonds is 8. The first kappa shape index (κ1) is 25.1. The normalized spacial score (nSPS) is 10.6. The Bertz CT molecular complexity index is 1210. The van der Waals surface area contributed by atoms with Crippen molar-refractivity contribution in [1.82, 2.24) is 5.43 Å². The van der Waals surface area contributed by atoms with Gasteiger partial charge in [-0.25, -0.2) is 10.2 Å². The fourth-order valence-corrected chi connectivity index (χ4v) is 3.40. The average Bonchev–Trinajstić information content (AvgIpc) is 2.84. The first-order valence-corrected chi connectivity index (χ1v) is 10.9.